The Bertz CT molecular complexity index is 504. The predicted molar refractivity (Wildman–Crippen MR) is 67.0 cm³/mol. The quantitative estimate of drug-likeness (QED) is 0.943. The largest absolute Gasteiger partial charge is 0.388 e. The maximum absolute atomic E-state index is 13.5. The molecular weight excluding hydrogens is 285 g/mol. The maximum Gasteiger partial charge on any atom is 0.126 e. The lowest BCUT2D eigenvalue weighted by atomic mass is 10.0. The van der Waals surface area contributed by atoms with Gasteiger partial charge in [0, 0.05) is 23.3 Å². The average Bonchev–Trinajstić information content (AvgIpc) is 2.35. The summed E-state index contributed by atoms with van der Waals surface area (Å²) in [5.41, 5.74) is 1.17. The summed E-state index contributed by atoms with van der Waals surface area (Å²) < 4.78 is 14.3. The van der Waals surface area contributed by atoms with Gasteiger partial charge in [-0.05, 0) is 35.4 Å². The van der Waals surface area contributed by atoms with Crippen LogP contribution in [0.25, 0.3) is 0 Å². The van der Waals surface area contributed by atoms with Gasteiger partial charge in [0.1, 0.15) is 5.82 Å². The van der Waals surface area contributed by atoms with Crippen LogP contribution in [-0.4, -0.2) is 10.1 Å². The van der Waals surface area contributed by atoms with Gasteiger partial charge >= 0.3 is 0 Å². The molecule has 1 aromatic heterocycles. The lowest BCUT2D eigenvalue weighted by molar-refractivity contribution is 0.176. The Morgan fingerprint density at radius 2 is 2.18 bits per heavy atom. The third-order valence-electron chi connectivity index (χ3n) is 2.49. The van der Waals surface area contributed by atoms with Gasteiger partial charge in [0.25, 0.3) is 0 Å². The molecule has 0 spiro atoms. The number of aliphatic hydroxyl groups is 1. The summed E-state index contributed by atoms with van der Waals surface area (Å²) in [6, 6.07) is 8.21. The summed E-state index contributed by atoms with van der Waals surface area (Å²) in [4.78, 5) is 3.92. The Labute approximate surface area is 107 Å². The Hall–Kier alpha value is -1.26. The van der Waals surface area contributed by atoms with E-state index in [1.54, 1.807) is 36.7 Å². The van der Waals surface area contributed by atoms with Crippen LogP contribution in [0.2, 0.25) is 0 Å². The second kappa shape index (κ2) is 5.38. The first-order chi connectivity index (χ1) is 8.16. The molecule has 2 aromatic rings. The van der Waals surface area contributed by atoms with Crippen LogP contribution in [0, 0.1) is 5.82 Å². The molecule has 17 heavy (non-hydrogen) atoms. The van der Waals surface area contributed by atoms with Crippen LogP contribution < -0.4 is 0 Å². The molecule has 2 rings (SSSR count). The summed E-state index contributed by atoms with van der Waals surface area (Å²) in [5, 5.41) is 9.97. The molecule has 88 valence electrons. The highest BCUT2D eigenvalue weighted by Gasteiger charge is 2.11. The van der Waals surface area contributed by atoms with Crippen molar-refractivity contribution in [3.05, 3.63) is 64.1 Å². The van der Waals surface area contributed by atoms with E-state index >= 15 is 0 Å². The van der Waals surface area contributed by atoms with Crippen molar-refractivity contribution in [2.75, 3.05) is 0 Å². The van der Waals surface area contributed by atoms with Gasteiger partial charge in [0.2, 0.25) is 0 Å². The third-order valence-corrected chi connectivity index (χ3v) is 2.98. The van der Waals surface area contributed by atoms with Gasteiger partial charge in [0.15, 0.2) is 0 Å². The highest BCUT2D eigenvalue weighted by atomic mass is 79.9. The fourth-order valence-corrected chi connectivity index (χ4v) is 2.01. The lowest BCUT2D eigenvalue weighted by Crippen LogP contribution is -2.03. The van der Waals surface area contributed by atoms with E-state index < -0.39 is 6.10 Å². The van der Waals surface area contributed by atoms with Crippen molar-refractivity contribution in [1.82, 2.24) is 4.98 Å². The highest BCUT2D eigenvalue weighted by molar-refractivity contribution is 9.10. The van der Waals surface area contributed by atoms with Crippen LogP contribution in [-0.2, 0) is 6.42 Å². The SMILES string of the molecule is OC(Cc1cc(Br)ccc1F)c1cccnc1. The monoisotopic (exact) mass is 295 g/mol. The zero-order valence-electron chi connectivity index (χ0n) is 8.98. The second-order valence-corrected chi connectivity index (χ2v) is 4.66. The van der Waals surface area contributed by atoms with Crippen molar-refractivity contribution in [3.63, 3.8) is 0 Å². The number of benzene rings is 1. The summed E-state index contributed by atoms with van der Waals surface area (Å²) in [6.07, 6.45) is 2.71. The molecule has 0 saturated heterocycles. The van der Waals surface area contributed by atoms with Gasteiger partial charge < -0.3 is 5.11 Å². The number of hydrogen-bond donors (Lipinski definition) is 1. The molecule has 1 aromatic carbocycles. The van der Waals surface area contributed by atoms with Crippen LogP contribution in [0.5, 0.6) is 0 Å². The minimum Gasteiger partial charge on any atom is -0.388 e. The molecule has 1 atom stereocenters. The zero-order chi connectivity index (χ0) is 12.3. The number of halogens is 2. The second-order valence-electron chi connectivity index (χ2n) is 3.74. The molecule has 0 aliphatic heterocycles. The van der Waals surface area contributed by atoms with Gasteiger partial charge in [-0.2, -0.15) is 0 Å². The number of aromatic nitrogens is 1. The van der Waals surface area contributed by atoms with Crippen molar-refractivity contribution >= 4 is 15.9 Å². The third kappa shape index (κ3) is 3.11. The fraction of sp³-hybridized carbons (Fsp3) is 0.154. The fourth-order valence-electron chi connectivity index (χ4n) is 1.60. The number of hydrogen-bond acceptors (Lipinski definition) is 2. The Kier molecular flexibility index (Phi) is 3.86. The van der Waals surface area contributed by atoms with Crippen molar-refractivity contribution in [1.29, 1.82) is 0 Å². The molecule has 0 fully saturated rings. The van der Waals surface area contributed by atoms with E-state index in [9.17, 15) is 9.50 Å². The van der Waals surface area contributed by atoms with Gasteiger partial charge in [0.05, 0.1) is 6.10 Å². The van der Waals surface area contributed by atoms with E-state index in [1.807, 2.05) is 0 Å². The first-order valence-electron chi connectivity index (χ1n) is 5.19. The summed E-state index contributed by atoms with van der Waals surface area (Å²) in [6.45, 7) is 0. The summed E-state index contributed by atoms with van der Waals surface area (Å²) in [5.74, 6) is -0.309. The van der Waals surface area contributed by atoms with Crippen molar-refractivity contribution < 1.29 is 9.50 Å². The van der Waals surface area contributed by atoms with Gasteiger partial charge in [-0.25, -0.2) is 4.39 Å². The lowest BCUT2D eigenvalue weighted by Gasteiger charge is -2.11. The van der Waals surface area contributed by atoms with Crippen LogP contribution in [0.4, 0.5) is 4.39 Å². The number of aliphatic hydroxyl groups excluding tert-OH is 1. The summed E-state index contributed by atoms with van der Waals surface area (Å²) >= 11 is 3.28. The molecule has 4 heteroatoms. The van der Waals surface area contributed by atoms with Gasteiger partial charge in [-0.3, -0.25) is 4.98 Å². The maximum atomic E-state index is 13.5. The molecular formula is C13H11BrFNO. The van der Waals surface area contributed by atoms with Gasteiger partial charge in [-0.1, -0.05) is 22.0 Å². The van der Waals surface area contributed by atoms with Crippen LogP contribution in [0.3, 0.4) is 0 Å². The molecule has 2 nitrogen and oxygen atoms in total. The minimum absolute atomic E-state index is 0.233. The predicted octanol–water partition coefficient (Wildman–Crippen LogP) is 3.26. The molecule has 0 aliphatic carbocycles. The minimum atomic E-state index is -0.743. The first kappa shape index (κ1) is 12.2. The molecule has 0 radical (unpaired) electrons. The first-order valence-corrected chi connectivity index (χ1v) is 5.98. The standard InChI is InChI=1S/C13H11BrFNO/c14-11-3-4-12(15)10(6-11)7-13(17)9-2-1-5-16-8-9/h1-6,8,13,17H,7H2. The Balaban J connectivity index is 2.18. The summed E-state index contributed by atoms with van der Waals surface area (Å²) in [7, 11) is 0. The molecule has 1 heterocycles. The van der Waals surface area contributed by atoms with E-state index in [0.29, 0.717) is 11.1 Å². The van der Waals surface area contributed by atoms with Crippen molar-refractivity contribution in [2.45, 2.75) is 12.5 Å². The van der Waals surface area contributed by atoms with Crippen LogP contribution in [0.1, 0.15) is 17.2 Å². The van der Waals surface area contributed by atoms with Crippen molar-refractivity contribution in [2.24, 2.45) is 0 Å². The topological polar surface area (TPSA) is 33.1 Å². The smallest absolute Gasteiger partial charge is 0.126 e. The van der Waals surface area contributed by atoms with Crippen LogP contribution in [0.15, 0.2) is 47.2 Å². The number of nitrogens with zero attached hydrogens (tertiary/aromatic N) is 1. The average molecular weight is 296 g/mol. The normalized spacial score (nSPS) is 12.4. The zero-order valence-corrected chi connectivity index (χ0v) is 10.6. The molecule has 1 N–H and O–H groups in total. The Morgan fingerprint density at radius 1 is 1.35 bits per heavy atom. The molecule has 0 bridgehead atoms. The number of rotatable bonds is 3. The molecule has 0 amide bonds. The number of pyridine rings is 1. The van der Waals surface area contributed by atoms with E-state index in [4.69, 9.17) is 0 Å². The molecule has 0 saturated carbocycles. The highest BCUT2D eigenvalue weighted by Crippen LogP contribution is 2.22. The Morgan fingerprint density at radius 3 is 2.88 bits per heavy atom. The van der Waals surface area contributed by atoms with E-state index in [-0.39, 0.29) is 12.2 Å². The van der Waals surface area contributed by atoms with E-state index in [0.717, 1.165) is 4.47 Å². The van der Waals surface area contributed by atoms with E-state index in [1.165, 1.54) is 6.07 Å². The van der Waals surface area contributed by atoms with Crippen LogP contribution >= 0.6 is 15.9 Å². The molecule has 1 unspecified atom stereocenters. The van der Waals surface area contributed by atoms with E-state index in [2.05, 4.69) is 20.9 Å². The van der Waals surface area contributed by atoms with Gasteiger partial charge in [-0.15, -0.1) is 0 Å². The molecule has 0 aliphatic rings. The van der Waals surface area contributed by atoms with Crippen molar-refractivity contribution in [3.8, 4) is 0 Å².